The number of nitrogens with one attached hydrogen (secondary N) is 4. The Balaban J connectivity index is 1.92. The lowest BCUT2D eigenvalue weighted by atomic mass is 10.00. The predicted octanol–water partition coefficient (Wildman–Crippen LogP) is 1.75. The third-order valence-corrected chi connectivity index (χ3v) is 7.07. The van der Waals surface area contributed by atoms with E-state index in [-0.39, 0.29) is 37.4 Å². The van der Waals surface area contributed by atoms with Crippen LogP contribution in [0.1, 0.15) is 38.3 Å². The van der Waals surface area contributed by atoms with Crippen LogP contribution < -0.4 is 26.0 Å². The van der Waals surface area contributed by atoms with Crippen molar-refractivity contribution < 1.29 is 28.6 Å². The van der Waals surface area contributed by atoms with Crippen molar-refractivity contribution in [3.05, 3.63) is 59.4 Å². The second-order valence-electron chi connectivity index (χ2n) is 11.5. The number of para-hydroxylation sites is 1. The zero-order chi connectivity index (χ0) is 30.8. The van der Waals surface area contributed by atoms with Crippen LogP contribution in [0.4, 0.5) is 4.39 Å². The number of benzene rings is 2. The van der Waals surface area contributed by atoms with E-state index in [1.165, 1.54) is 12.1 Å². The van der Waals surface area contributed by atoms with Gasteiger partial charge in [-0.3, -0.25) is 19.7 Å². The lowest BCUT2D eigenvalue weighted by Gasteiger charge is -2.29. The van der Waals surface area contributed by atoms with Crippen LogP contribution in [0.25, 0.3) is 0 Å². The summed E-state index contributed by atoms with van der Waals surface area (Å²) in [5.74, 6) is -2.07. The summed E-state index contributed by atoms with van der Waals surface area (Å²) in [6.45, 7) is 6.46. The van der Waals surface area contributed by atoms with E-state index in [4.69, 9.17) is 4.74 Å². The molecule has 10 nitrogen and oxygen atoms in total. The third kappa shape index (κ3) is 9.70. The van der Waals surface area contributed by atoms with Gasteiger partial charge in [-0.25, -0.2) is 4.39 Å². The molecular formula is C31H44FN5O5. The van der Waals surface area contributed by atoms with Gasteiger partial charge in [0.15, 0.2) is 11.6 Å². The molecule has 0 bridgehead atoms. The van der Waals surface area contributed by atoms with E-state index >= 15 is 0 Å². The highest BCUT2D eigenvalue weighted by atomic mass is 19.1. The summed E-state index contributed by atoms with van der Waals surface area (Å²) in [4.78, 5) is 42.0. The molecule has 3 rings (SSSR count). The quantitative estimate of drug-likeness (QED) is 0.361. The number of nitrogens with zero attached hydrogens (tertiary/aromatic N) is 1. The summed E-state index contributed by atoms with van der Waals surface area (Å²) in [5.41, 5.74) is 1.48. The van der Waals surface area contributed by atoms with Crippen molar-refractivity contribution in [3.8, 4) is 11.5 Å². The van der Waals surface area contributed by atoms with Crippen molar-refractivity contribution in [2.24, 2.45) is 5.92 Å². The van der Waals surface area contributed by atoms with Gasteiger partial charge in [-0.2, -0.15) is 0 Å². The minimum absolute atomic E-state index is 0.0993. The zero-order valence-electron chi connectivity index (χ0n) is 25.1. The van der Waals surface area contributed by atoms with Crippen LogP contribution in [-0.2, 0) is 27.2 Å². The van der Waals surface area contributed by atoms with Gasteiger partial charge in [0.05, 0.1) is 6.04 Å². The SMILES string of the molecule is CC(C)[C@H]1NC(=O)[C@@H](Cc2ccc(O)c(F)c2)N[C@@H](C)COc2ccccc2CCCNC(=O)[C@H](CN(C)C)NC1=O. The smallest absolute Gasteiger partial charge is 0.243 e. The number of ether oxygens (including phenoxy) is 1. The first-order chi connectivity index (χ1) is 19.9. The maximum absolute atomic E-state index is 14.1. The molecule has 1 aliphatic heterocycles. The number of fused-ring (bicyclic) bond motifs is 1. The number of hydrogen-bond donors (Lipinski definition) is 5. The van der Waals surface area contributed by atoms with Crippen LogP contribution in [0.15, 0.2) is 42.5 Å². The van der Waals surface area contributed by atoms with E-state index < -0.39 is 41.5 Å². The maximum Gasteiger partial charge on any atom is 0.243 e. The summed E-state index contributed by atoms with van der Waals surface area (Å²) in [5, 5.41) is 21.5. The van der Waals surface area contributed by atoms with Gasteiger partial charge in [0.25, 0.3) is 0 Å². The molecule has 2 aromatic carbocycles. The first-order valence-electron chi connectivity index (χ1n) is 14.4. The van der Waals surface area contributed by atoms with Crippen molar-refractivity contribution >= 4 is 17.7 Å². The second kappa shape index (κ2) is 15.5. The zero-order valence-corrected chi connectivity index (χ0v) is 25.1. The molecule has 1 aliphatic rings. The highest BCUT2D eigenvalue weighted by molar-refractivity contribution is 5.93. The lowest BCUT2D eigenvalue weighted by molar-refractivity contribution is -0.133. The average molecular weight is 586 g/mol. The number of carbonyl (C=O) groups is 3. The number of phenols is 1. The number of aromatic hydroxyl groups is 1. The summed E-state index contributed by atoms with van der Waals surface area (Å²) < 4.78 is 20.3. The highest BCUT2D eigenvalue weighted by Crippen LogP contribution is 2.21. The summed E-state index contributed by atoms with van der Waals surface area (Å²) in [6, 6.07) is 8.78. The van der Waals surface area contributed by atoms with Crippen LogP contribution in [0.3, 0.4) is 0 Å². The monoisotopic (exact) mass is 585 g/mol. The predicted molar refractivity (Wildman–Crippen MR) is 159 cm³/mol. The summed E-state index contributed by atoms with van der Waals surface area (Å²) in [7, 11) is 3.63. The molecule has 0 aromatic heterocycles. The molecule has 5 N–H and O–H groups in total. The molecule has 3 amide bonds. The molecule has 0 aliphatic carbocycles. The molecule has 11 heteroatoms. The molecule has 0 fully saturated rings. The molecule has 42 heavy (non-hydrogen) atoms. The van der Waals surface area contributed by atoms with E-state index in [1.54, 1.807) is 6.07 Å². The van der Waals surface area contributed by atoms with Gasteiger partial charge in [-0.1, -0.05) is 38.1 Å². The molecule has 4 atom stereocenters. The fraction of sp³-hybridized carbons (Fsp3) is 0.516. The Morgan fingerprint density at radius 1 is 1.02 bits per heavy atom. The molecule has 230 valence electrons. The molecule has 0 saturated heterocycles. The van der Waals surface area contributed by atoms with Gasteiger partial charge in [0.2, 0.25) is 17.7 Å². The minimum Gasteiger partial charge on any atom is -0.505 e. The number of carbonyl (C=O) groups excluding carboxylic acids is 3. The average Bonchev–Trinajstić information content (AvgIpc) is 2.93. The molecule has 0 spiro atoms. The fourth-order valence-corrected chi connectivity index (χ4v) is 4.82. The Bertz CT molecular complexity index is 1220. The van der Waals surface area contributed by atoms with Crippen molar-refractivity contribution in [2.75, 3.05) is 33.8 Å². The number of likely N-dealkylation sites (N-methyl/N-ethyl adjacent to an activating group) is 1. The number of phenolic OH excluding ortho intramolecular Hbond substituents is 1. The Hall–Kier alpha value is -3.70. The minimum atomic E-state index is -0.923. The molecule has 0 saturated carbocycles. The van der Waals surface area contributed by atoms with E-state index in [0.717, 1.165) is 11.3 Å². The second-order valence-corrected chi connectivity index (χ2v) is 11.5. The Kier molecular flexibility index (Phi) is 12.1. The van der Waals surface area contributed by atoms with Crippen molar-refractivity contribution in [2.45, 2.75) is 64.2 Å². The molecular weight excluding hydrogens is 541 g/mol. The van der Waals surface area contributed by atoms with Gasteiger partial charge in [0, 0.05) is 19.1 Å². The normalized spacial score (nSPS) is 23.2. The number of amides is 3. The number of aryl methyl sites for hydroxylation is 1. The van der Waals surface area contributed by atoms with Gasteiger partial charge in [-0.05, 0) is 75.5 Å². The maximum atomic E-state index is 14.1. The van der Waals surface area contributed by atoms with Gasteiger partial charge in [0.1, 0.15) is 24.4 Å². The van der Waals surface area contributed by atoms with Crippen molar-refractivity contribution in [1.29, 1.82) is 0 Å². The summed E-state index contributed by atoms with van der Waals surface area (Å²) >= 11 is 0. The molecule has 0 unspecified atom stereocenters. The molecule has 1 heterocycles. The Labute approximate surface area is 247 Å². The van der Waals surface area contributed by atoms with E-state index in [9.17, 15) is 23.9 Å². The number of halogens is 1. The van der Waals surface area contributed by atoms with Gasteiger partial charge in [-0.15, -0.1) is 0 Å². The first kappa shape index (κ1) is 32.8. The number of rotatable bonds is 5. The first-order valence-corrected chi connectivity index (χ1v) is 14.4. The van der Waals surface area contributed by atoms with E-state index in [2.05, 4.69) is 21.3 Å². The Morgan fingerprint density at radius 3 is 2.45 bits per heavy atom. The van der Waals surface area contributed by atoms with Gasteiger partial charge >= 0.3 is 0 Å². The Morgan fingerprint density at radius 2 is 1.76 bits per heavy atom. The van der Waals surface area contributed by atoms with E-state index in [0.29, 0.717) is 24.9 Å². The fourth-order valence-electron chi connectivity index (χ4n) is 4.82. The number of hydrogen-bond acceptors (Lipinski definition) is 7. The van der Waals surface area contributed by atoms with Crippen LogP contribution in [0.2, 0.25) is 0 Å². The summed E-state index contributed by atoms with van der Waals surface area (Å²) in [6.07, 6.45) is 1.45. The molecule has 2 aromatic rings. The largest absolute Gasteiger partial charge is 0.505 e. The van der Waals surface area contributed by atoms with Gasteiger partial charge < -0.3 is 30.7 Å². The van der Waals surface area contributed by atoms with Crippen molar-refractivity contribution in [3.63, 3.8) is 0 Å². The van der Waals surface area contributed by atoms with Crippen LogP contribution >= 0.6 is 0 Å². The lowest BCUT2D eigenvalue weighted by Crippen LogP contribution is -2.60. The highest BCUT2D eigenvalue weighted by Gasteiger charge is 2.32. The van der Waals surface area contributed by atoms with Crippen LogP contribution in [0.5, 0.6) is 11.5 Å². The standard InChI is InChI=1S/C31H44FN5O5/c1-19(2)28-31(41)35-25(17-37(4)5)29(39)33-14-8-10-22-9-6-7-11-27(22)42-18-20(3)34-24(30(40)36-28)16-21-12-13-26(38)23(32)15-21/h6-7,9,11-13,15,19-20,24-25,28,34,38H,8,10,14,16-18H2,1-5H3,(H,33,39)(H,35,41)(H,36,40)/t20-,24+,25-,28+/m0/s1. The van der Waals surface area contributed by atoms with E-state index in [1.807, 2.05) is 64.0 Å². The van der Waals surface area contributed by atoms with Crippen LogP contribution in [0, 0.1) is 11.7 Å². The third-order valence-electron chi connectivity index (χ3n) is 7.07. The topological polar surface area (TPSA) is 132 Å². The van der Waals surface area contributed by atoms with Crippen molar-refractivity contribution in [1.82, 2.24) is 26.2 Å². The molecule has 0 radical (unpaired) electrons. The van der Waals surface area contributed by atoms with Crippen LogP contribution in [-0.4, -0.2) is 85.7 Å².